The van der Waals surface area contributed by atoms with Crippen LogP contribution in [0.15, 0.2) is 48.6 Å². The molecule has 0 radical (unpaired) electrons. The van der Waals surface area contributed by atoms with E-state index < -0.39 is 6.10 Å². The van der Waals surface area contributed by atoms with Gasteiger partial charge in [0.25, 0.3) is 0 Å². The summed E-state index contributed by atoms with van der Waals surface area (Å²) in [5, 5.41) is 0. The van der Waals surface area contributed by atoms with E-state index in [4.69, 9.17) is 14.2 Å². The zero-order valence-corrected chi connectivity index (χ0v) is 48.2. The molecule has 0 aromatic carbocycles. The Labute approximate surface area is 448 Å². The predicted octanol–water partition coefficient (Wildman–Crippen LogP) is 21.4. The largest absolute Gasteiger partial charge is 0.462 e. The van der Waals surface area contributed by atoms with Crippen LogP contribution in [0.3, 0.4) is 0 Å². The van der Waals surface area contributed by atoms with Gasteiger partial charge in [0, 0.05) is 19.3 Å². The van der Waals surface area contributed by atoms with Crippen molar-refractivity contribution in [3.8, 4) is 0 Å². The lowest BCUT2D eigenvalue weighted by Crippen LogP contribution is -2.30. The normalized spacial score (nSPS) is 12.3. The van der Waals surface area contributed by atoms with E-state index in [0.29, 0.717) is 19.3 Å². The van der Waals surface area contributed by atoms with Crippen LogP contribution in [0.4, 0.5) is 0 Å². The van der Waals surface area contributed by atoms with E-state index in [1.807, 2.05) is 0 Å². The van der Waals surface area contributed by atoms with E-state index in [1.165, 1.54) is 225 Å². The van der Waals surface area contributed by atoms with E-state index in [9.17, 15) is 14.4 Å². The minimum Gasteiger partial charge on any atom is -0.462 e. The summed E-state index contributed by atoms with van der Waals surface area (Å²) in [6, 6.07) is 0. The topological polar surface area (TPSA) is 78.9 Å². The summed E-state index contributed by atoms with van der Waals surface area (Å²) in [7, 11) is 0. The van der Waals surface area contributed by atoms with Crippen LogP contribution in [0.2, 0.25) is 0 Å². The molecule has 0 bridgehead atoms. The summed E-state index contributed by atoms with van der Waals surface area (Å²) >= 11 is 0. The van der Waals surface area contributed by atoms with Crippen molar-refractivity contribution < 1.29 is 28.6 Å². The number of carbonyl (C=O) groups is 3. The minimum atomic E-state index is -0.792. The fourth-order valence-corrected chi connectivity index (χ4v) is 9.32. The summed E-state index contributed by atoms with van der Waals surface area (Å²) in [4.78, 5) is 38.3. The first-order valence-electron chi connectivity index (χ1n) is 31.6. The lowest BCUT2D eigenvalue weighted by molar-refractivity contribution is -0.167. The maximum Gasteiger partial charge on any atom is 0.306 e. The van der Waals surface area contributed by atoms with Crippen LogP contribution in [0, 0.1) is 0 Å². The van der Waals surface area contributed by atoms with Crippen molar-refractivity contribution >= 4 is 17.9 Å². The van der Waals surface area contributed by atoms with Crippen molar-refractivity contribution in [3.05, 3.63) is 48.6 Å². The summed E-state index contributed by atoms with van der Waals surface area (Å²) in [5.41, 5.74) is 0. The molecule has 0 aliphatic rings. The van der Waals surface area contributed by atoms with Gasteiger partial charge in [0.15, 0.2) is 6.10 Å². The highest BCUT2D eigenvalue weighted by Gasteiger charge is 2.19. The van der Waals surface area contributed by atoms with Gasteiger partial charge in [-0.25, -0.2) is 0 Å². The first-order chi connectivity index (χ1) is 35.5. The lowest BCUT2D eigenvalue weighted by atomic mass is 10.0. The van der Waals surface area contributed by atoms with E-state index in [-0.39, 0.29) is 37.5 Å². The van der Waals surface area contributed by atoms with Crippen molar-refractivity contribution in [2.24, 2.45) is 0 Å². The van der Waals surface area contributed by atoms with E-state index in [2.05, 4.69) is 69.4 Å². The van der Waals surface area contributed by atoms with Crippen molar-refractivity contribution in [2.75, 3.05) is 13.2 Å². The molecule has 0 saturated heterocycles. The van der Waals surface area contributed by atoms with Crippen molar-refractivity contribution in [3.63, 3.8) is 0 Å². The van der Waals surface area contributed by atoms with Gasteiger partial charge in [-0.05, 0) is 57.8 Å². The van der Waals surface area contributed by atoms with Gasteiger partial charge in [0.2, 0.25) is 0 Å². The molecule has 0 rings (SSSR count). The number of rotatable bonds is 58. The number of hydrogen-bond donors (Lipinski definition) is 0. The van der Waals surface area contributed by atoms with Gasteiger partial charge in [-0.3, -0.25) is 14.4 Å². The standard InChI is InChI=1S/C66H120O6/c1-4-7-10-13-16-19-22-25-28-31-33-36-38-41-44-47-50-53-56-59-65(68)71-62-63(61-70-64(67)58-55-52-49-46-43-40-37-34-30-27-24-21-18-15-12-9-6-3)72-66(69)60-57-54-51-48-45-42-39-35-32-29-26-23-20-17-14-11-8-5-2/h18,21,27,30,37,40,46,49,63H,4-17,19-20,22-26,28-29,31-36,38-39,41-45,47-48,50-62H2,1-3H3/b21-18+,30-27+,40-37+,49-46+/t63-/m1/s1. The van der Waals surface area contributed by atoms with Crippen LogP contribution >= 0.6 is 0 Å². The third-order valence-corrected chi connectivity index (χ3v) is 14.1. The summed E-state index contributed by atoms with van der Waals surface area (Å²) < 4.78 is 16.9. The molecule has 72 heavy (non-hydrogen) atoms. The molecule has 0 aromatic heterocycles. The van der Waals surface area contributed by atoms with E-state index in [1.54, 1.807) is 0 Å². The number of unbranched alkanes of at least 4 members (excludes halogenated alkanes) is 39. The second-order valence-electron chi connectivity index (χ2n) is 21.3. The molecule has 0 aliphatic carbocycles. The smallest absolute Gasteiger partial charge is 0.306 e. The van der Waals surface area contributed by atoms with Gasteiger partial charge in [-0.15, -0.1) is 0 Å². The van der Waals surface area contributed by atoms with Gasteiger partial charge in [0.05, 0.1) is 0 Å². The van der Waals surface area contributed by atoms with Crippen LogP contribution in [0.1, 0.15) is 335 Å². The number of hydrogen-bond acceptors (Lipinski definition) is 6. The highest BCUT2D eigenvalue weighted by Crippen LogP contribution is 2.18. The van der Waals surface area contributed by atoms with Gasteiger partial charge in [0.1, 0.15) is 13.2 Å². The Bertz CT molecular complexity index is 1250. The van der Waals surface area contributed by atoms with E-state index in [0.717, 1.165) is 64.2 Å². The molecule has 0 aromatic rings. The molecular weight excluding hydrogens is 889 g/mol. The van der Waals surface area contributed by atoms with Crippen LogP contribution < -0.4 is 0 Å². The van der Waals surface area contributed by atoms with Crippen LogP contribution in [-0.4, -0.2) is 37.2 Å². The Morgan fingerprint density at radius 3 is 0.833 bits per heavy atom. The van der Waals surface area contributed by atoms with Crippen molar-refractivity contribution in [1.29, 1.82) is 0 Å². The monoisotopic (exact) mass is 1010 g/mol. The Morgan fingerprint density at radius 1 is 0.278 bits per heavy atom. The summed E-state index contributed by atoms with van der Waals surface area (Å²) in [6.07, 6.45) is 75.5. The second kappa shape index (κ2) is 60.9. The Hall–Kier alpha value is -2.63. The zero-order valence-electron chi connectivity index (χ0n) is 48.2. The first kappa shape index (κ1) is 69.4. The molecule has 6 nitrogen and oxygen atoms in total. The van der Waals surface area contributed by atoms with Gasteiger partial charge in [-0.2, -0.15) is 0 Å². The summed E-state index contributed by atoms with van der Waals surface area (Å²) in [5.74, 6) is -0.921. The highest BCUT2D eigenvalue weighted by atomic mass is 16.6. The molecule has 0 aliphatic heterocycles. The molecule has 0 spiro atoms. The molecule has 6 heteroatoms. The Kier molecular flexibility index (Phi) is 58.7. The molecule has 0 unspecified atom stereocenters. The Balaban J connectivity index is 4.39. The average Bonchev–Trinajstić information content (AvgIpc) is 3.38. The maximum atomic E-state index is 12.9. The highest BCUT2D eigenvalue weighted by molar-refractivity contribution is 5.71. The molecule has 0 saturated carbocycles. The van der Waals surface area contributed by atoms with Crippen LogP contribution in [0.25, 0.3) is 0 Å². The van der Waals surface area contributed by atoms with Crippen LogP contribution in [0.5, 0.6) is 0 Å². The zero-order chi connectivity index (χ0) is 52.2. The quantitative estimate of drug-likeness (QED) is 0.0261. The summed E-state index contributed by atoms with van der Waals surface area (Å²) in [6.45, 7) is 6.63. The van der Waals surface area contributed by atoms with Crippen molar-refractivity contribution in [2.45, 2.75) is 341 Å². The molecule has 0 fully saturated rings. The van der Waals surface area contributed by atoms with Crippen molar-refractivity contribution in [1.82, 2.24) is 0 Å². The number of esters is 3. The SMILES string of the molecule is CCCCC/C=C/C/C=C/C/C=C/C/C=C/CCCC(=O)OC[C@H](COC(=O)CCCCCCCCCCCCCCCCCCCCC)OC(=O)CCCCCCCCCCCCCCCCCCCC. The Morgan fingerprint density at radius 2 is 0.514 bits per heavy atom. The van der Waals surface area contributed by atoms with E-state index >= 15 is 0 Å². The molecule has 420 valence electrons. The molecule has 1 atom stereocenters. The molecule has 0 heterocycles. The average molecular weight is 1010 g/mol. The predicted molar refractivity (Wildman–Crippen MR) is 312 cm³/mol. The number of carbonyl (C=O) groups excluding carboxylic acids is 3. The fraction of sp³-hybridized carbons (Fsp3) is 0.833. The third kappa shape index (κ3) is 58.3. The van der Waals surface area contributed by atoms with Gasteiger partial charge < -0.3 is 14.2 Å². The number of allylic oxidation sites excluding steroid dienone is 8. The second-order valence-corrected chi connectivity index (χ2v) is 21.3. The minimum absolute atomic E-state index is 0.0850. The molecule has 0 N–H and O–H groups in total. The van der Waals surface area contributed by atoms with Gasteiger partial charge >= 0.3 is 17.9 Å². The van der Waals surface area contributed by atoms with Crippen LogP contribution in [-0.2, 0) is 28.6 Å². The lowest BCUT2D eigenvalue weighted by Gasteiger charge is -2.18. The first-order valence-corrected chi connectivity index (χ1v) is 31.6. The maximum absolute atomic E-state index is 12.9. The molecular formula is C66H120O6. The fourth-order valence-electron chi connectivity index (χ4n) is 9.32. The molecule has 0 amide bonds. The third-order valence-electron chi connectivity index (χ3n) is 14.1. The number of ether oxygens (including phenoxy) is 3. The van der Waals surface area contributed by atoms with Gasteiger partial charge in [-0.1, -0.05) is 307 Å².